The van der Waals surface area contributed by atoms with Gasteiger partial charge in [0, 0.05) is 11.1 Å². The van der Waals surface area contributed by atoms with Gasteiger partial charge in [0.25, 0.3) is 0 Å². The Balaban J connectivity index is 1.69. The summed E-state index contributed by atoms with van der Waals surface area (Å²) >= 11 is 0. The average Bonchev–Trinajstić information content (AvgIpc) is 2.77. The monoisotopic (exact) mass is 305 g/mol. The van der Waals surface area contributed by atoms with E-state index in [1.165, 1.54) is 6.42 Å². The lowest BCUT2D eigenvalue weighted by Gasteiger charge is -2.61. The molecule has 4 saturated carbocycles. The normalized spacial score (nSPS) is 57.9. The maximum Gasteiger partial charge on any atom is 0.0577 e. The molecule has 22 heavy (non-hydrogen) atoms. The minimum absolute atomic E-state index is 0.0551. The zero-order valence-corrected chi connectivity index (χ0v) is 14.0. The van der Waals surface area contributed by atoms with E-state index >= 15 is 0 Å². The molecule has 0 amide bonds. The fourth-order valence-corrected chi connectivity index (χ4v) is 7.01. The molecule has 0 radical (unpaired) electrons. The molecule has 3 N–H and O–H groups in total. The molecule has 0 aromatic heterocycles. The maximum absolute atomic E-state index is 10.9. The summed E-state index contributed by atoms with van der Waals surface area (Å²) in [5.41, 5.74) is 1.30. The molecule has 3 heteroatoms. The summed E-state index contributed by atoms with van der Waals surface area (Å²) < 4.78 is 0. The van der Waals surface area contributed by atoms with Gasteiger partial charge in [-0.25, -0.2) is 0 Å². The highest BCUT2D eigenvalue weighted by Gasteiger charge is 2.61. The van der Waals surface area contributed by atoms with Crippen LogP contribution in [0.15, 0.2) is 0 Å². The Kier molecular flexibility index (Phi) is 3.30. The van der Waals surface area contributed by atoms with Crippen LogP contribution in [0.2, 0.25) is 0 Å². The summed E-state index contributed by atoms with van der Waals surface area (Å²) in [7, 11) is 0. The molecule has 4 rings (SSSR count). The minimum Gasteiger partial charge on any atom is -0.393 e. The zero-order chi connectivity index (χ0) is 15.7. The standard InChI is InChI=1S/C19H31NO2/c1-18-7-5-12(21)9-11(18)10-15(22)17-13-3-4-16(20)19(13,2)8-6-14(17)18/h11-15,17,20-22H,3-10H2,1-2H3/t11?,12?,13-,14+,15?,17-,18-,19-/m0/s1. The summed E-state index contributed by atoms with van der Waals surface area (Å²) in [4.78, 5) is 0. The number of aliphatic hydroxyl groups is 2. The van der Waals surface area contributed by atoms with E-state index in [0.717, 1.165) is 50.7 Å². The van der Waals surface area contributed by atoms with E-state index in [9.17, 15) is 10.2 Å². The van der Waals surface area contributed by atoms with Gasteiger partial charge in [-0.2, -0.15) is 0 Å². The van der Waals surface area contributed by atoms with E-state index in [2.05, 4.69) is 13.8 Å². The lowest BCUT2D eigenvalue weighted by Crippen LogP contribution is -2.58. The molecule has 3 nitrogen and oxygen atoms in total. The van der Waals surface area contributed by atoms with Crippen LogP contribution in [-0.4, -0.2) is 28.1 Å². The number of rotatable bonds is 0. The van der Waals surface area contributed by atoms with E-state index in [4.69, 9.17) is 5.41 Å². The van der Waals surface area contributed by atoms with Gasteiger partial charge in [-0.1, -0.05) is 13.8 Å². The third kappa shape index (κ3) is 1.84. The van der Waals surface area contributed by atoms with Crippen LogP contribution < -0.4 is 0 Å². The second-order valence-electron chi connectivity index (χ2n) is 9.20. The lowest BCUT2D eigenvalue weighted by molar-refractivity contribution is -0.162. The molecule has 0 spiro atoms. The SMILES string of the molecule is C[C@]12CCC(O)CC1CC(O)[C@@H]1[C@H]2CC[C@]2(C)C(=N)CC[C@@H]12. The Hall–Kier alpha value is -0.410. The molecule has 4 aliphatic carbocycles. The first-order chi connectivity index (χ1) is 10.4. The van der Waals surface area contributed by atoms with Crippen molar-refractivity contribution in [3.8, 4) is 0 Å². The van der Waals surface area contributed by atoms with Crippen molar-refractivity contribution in [2.75, 3.05) is 0 Å². The topological polar surface area (TPSA) is 64.3 Å². The van der Waals surface area contributed by atoms with Crippen LogP contribution in [-0.2, 0) is 0 Å². The predicted octanol–water partition coefficient (Wildman–Crippen LogP) is 3.38. The third-order valence-corrected chi connectivity index (χ3v) is 8.44. The van der Waals surface area contributed by atoms with Crippen LogP contribution >= 0.6 is 0 Å². The van der Waals surface area contributed by atoms with Crippen LogP contribution in [0.5, 0.6) is 0 Å². The van der Waals surface area contributed by atoms with Gasteiger partial charge in [-0.05, 0) is 80.5 Å². The van der Waals surface area contributed by atoms with Crippen LogP contribution in [0.25, 0.3) is 0 Å². The van der Waals surface area contributed by atoms with Crippen LogP contribution in [0.3, 0.4) is 0 Å². The molecule has 0 saturated heterocycles. The number of aliphatic hydroxyl groups excluding tert-OH is 2. The number of hydrogen-bond acceptors (Lipinski definition) is 3. The van der Waals surface area contributed by atoms with Crippen LogP contribution in [0.1, 0.15) is 65.2 Å². The first-order valence-corrected chi connectivity index (χ1v) is 9.30. The molecule has 0 aromatic carbocycles. The quantitative estimate of drug-likeness (QED) is 0.642. The van der Waals surface area contributed by atoms with E-state index in [1.54, 1.807) is 0 Å². The fraction of sp³-hybridized carbons (Fsp3) is 0.947. The molecule has 124 valence electrons. The van der Waals surface area contributed by atoms with E-state index in [0.29, 0.717) is 29.1 Å². The molecular formula is C19H31NO2. The van der Waals surface area contributed by atoms with Crippen molar-refractivity contribution < 1.29 is 10.2 Å². The highest BCUT2D eigenvalue weighted by Crippen LogP contribution is 2.65. The van der Waals surface area contributed by atoms with Crippen molar-refractivity contribution in [2.24, 2.45) is 34.5 Å². The summed E-state index contributed by atoms with van der Waals surface area (Å²) in [6.45, 7) is 4.73. The Labute approximate surface area is 134 Å². The highest BCUT2D eigenvalue weighted by atomic mass is 16.3. The van der Waals surface area contributed by atoms with Gasteiger partial charge >= 0.3 is 0 Å². The van der Waals surface area contributed by atoms with Gasteiger partial charge in [0.15, 0.2) is 0 Å². The van der Waals surface area contributed by atoms with Gasteiger partial charge in [0.1, 0.15) is 0 Å². The molecule has 0 aliphatic heterocycles. The summed E-state index contributed by atoms with van der Waals surface area (Å²) in [5, 5.41) is 29.4. The summed E-state index contributed by atoms with van der Waals surface area (Å²) in [5.74, 6) is 1.98. The second-order valence-corrected chi connectivity index (χ2v) is 9.20. The number of fused-ring (bicyclic) bond motifs is 5. The second kappa shape index (κ2) is 4.80. The molecule has 8 atom stereocenters. The molecule has 4 fully saturated rings. The van der Waals surface area contributed by atoms with Gasteiger partial charge in [-0.15, -0.1) is 0 Å². The van der Waals surface area contributed by atoms with E-state index in [-0.39, 0.29) is 17.6 Å². The summed E-state index contributed by atoms with van der Waals surface area (Å²) in [6.07, 6.45) is 7.78. The molecule has 0 bridgehead atoms. The Morgan fingerprint density at radius 1 is 1.00 bits per heavy atom. The van der Waals surface area contributed by atoms with E-state index < -0.39 is 0 Å². The largest absolute Gasteiger partial charge is 0.393 e. The molecule has 3 unspecified atom stereocenters. The number of nitrogens with one attached hydrogen (secondary N) is 1. The molecule has 4 aliphatic rings. The van der Waals surface area contributed by atoms with Crippen LogP contribution in [0, 0.1) is 39.9 Å². The first-order valence-electron chi connectivity index (χ1n) is 9.30. The van der Waals surface area contributed by atoms with Crippen LogP contribution in [0.4, 0.5) is 0 Å². The minimum atomic E-state index is -0.219. The van der Waals surface area contributed by atoms with Crippen molar-refractivity contribution in [3.63, 3.8) is 0 Å². The molecule has 0 heterocycles. The lowest BCUT2D eigenvalue weighted by atomic mass is 9.44. The highest BCUT2D eigenvalue weighted by molar-refractivity contribution is 5.89. The number of hydrogen-bond donors (Lipinski definition) is 3. The van der Waals surface area contributed by atoms with Gasteiger partial charge in [0.05, 0.1) is 12.2 Å². The molecular weight excluding hydrogens is 274 g/mol. The fourth-order valence-electron chi connectivity index (χ4n) is 7.01. The zero-order valence-electron chi connectivity index (χ0n) is 14.0. The van der Waals surface area contributed by atoms with Gasteiger partial charge < -0.3 is 15.6 Å². The van der Waals surface area contributed by atoms with Crippen molar-refractivity contribution in [3.05, 3.63) is 0 Å². The Morgan fingerprint density at radius 2 is 1.77 bits per heavy atom. The molecule has 0 aromatic rings. The average molecular weight is 305 g/mol. The van der Waals surface area contributed by atoms with Crippen molar-refractivity contribution in [2.45, 2.75) is 77.4 Å². The Morgan fingerprint density at radius 3 is 2.55 bits per heavy atom. The van der Waals surface area contributed by atoms with Crippen molar-refractivity contribution >= 4 is 5.71 Å². The maximum atomic E-state index is 10.9. The Bertz CT molecular complexity index is 492. The van der Waals surface area contributed by atoms with Crippen molar-refractivity contribution in [1.82, 2.24) is 0 Å². The van der Waals surface area contributed by atoms with Gasteiger partial charge in [0.2, 0.25) is 0 Å². The third-order valence-electron chi connectivity index (χ3n) is 8.44. The summed E-state index contributed by atoms with van der Waals surface area (Å²) in [6, 6.07) is 0. The smallest absolute Gasteiger partial charge is 0.0577 e. The van der Waals surface area contributed by atoms with Gasteiger partial charge in [-0.3, -0.25) is 0 Å². The first kappa shape index (κ1) is 15.1. The van der Waals surface area contributed by atoms with E-state index in [1.807, 2.05) is 0 Å². The predicted molar refractivity (Wildman–Crippen MR) is 86.9 cm³/mol. The van der Waals surface area contributed by atoms with Crippen molar-refractivity contribution in [1.29, 1.82) is 5.41 Å².